The molecule has 716 valence electrons. The van der Waals surface area contributed by atoms with E-state index < -0.39 is 0 Å². The largest absolute Gasteiger partial charge is 0.507 e. The Morgan fingerprint density at radius 1 is 0.127 bits per heavy atom. The third-order valence-electron chi connectivity index (χ3n) is 25.9. The van der Waals surface area contributed by atoms with E-state index in [0.29, 0.717) is 245 Å². The van der Waals surface area contributed by atoms with Crippen LogP contribution < -0.4 is 0 Å². The molecule has 0 saturated heterocycles. The summed E-state index contributed by atoms with van der Waals surface area (Å²) in [5.41, 5.74) is 14.5. The predicted octanol–water partition coefficient (Wildman–Crippen LogP) is 14.9. The van der Waals surface area contributed by atoms with Gasteiger partial charge in [-0.25, -0.2) is 0 Å². The molecule has 0 spiro atoms. The molecule has 0 atom stereocenters. The minimum absolute atomic E-state index is 0.0820. The zero-order valence-electron chi connectivity index (χ0n) is 78.2. The quantitative estimate of drug-likeness (QED) is 0.0671. The van der Waals surface area contributed by atoms with Gasteiger partial charge in [-0.1, -0.05) is 72.8 Å². The lowest BCUT2D eigenvalue weighted by Crippen LogP contribution is -2.31. The number of hydrogen-bond acceptors (Lipinski definition) is 28. The van der Waals surface area contributed by atoms with Gasteiger partial charge in [0.15, 0.2) is 0 Å². The van der Waals surface area contributed by atoms with Gasteiger partial charge in [-0.2, -0.15) is 0 Å². The normalized spacial score (nSPS) is 18.1. The minimum Gasteiger partial charge on any atom is -0.507 e. The van der Waals surface area contributed by atoms with E-state index in [1.807, 2.05) is 72.8 Å². The molecule has 0 unspecified atom stereocenters. The van der Waals surface area contributed by atoms with Gasteiger partial charge in [-0.3, -0.25) is 79.5 Å². The van der Waals surface area contributed by atoms with Crippen molar-refractivity contribution >= 4 is 108 Å². The number of rotatable bonds is 0. The Balaban J connectivity index is 0.983. The second-order valence-corrected chi connectivity index (χ2v) is 35.3. The second kappa shape index (κ2) is 44.9. The van der Waals surface area contributed by atoms with Crippen LogP contribution in [0.25, 0.3) is 33.4 Å². The maximum absolute atomic E-state index is 12.2. The first-order valence-corrected chi connectivity index (χ1v) is 47.4. The average Bonchev–Trinajstić information content (AvgIpc) is 0.771. The number of benzene rings is 12. The molecule has 28 nitrogen and oxygen atoms in total. The molecule has 142 heavy (non-hydrogen) atoms. The summed E-state index contributed by atoms with van der Waals surface area (Å²) in [6.45, 7) is 6.03. The first-order valence-electron chi connectivity index (χ1n) is 47.4. The van der Waals surface area contributed by atoms with Crippen molar-refractivity contribution in [3.05, 3.63) is 352 Å². The highest BCUT2D eigenvalue weighted by atomic mass is 16.3. The van der Waals surface area contributed by atoms with E-state index in [1.165, 1.54) is 0 Å². The van der Waals surface area contributed by atoms with E-state index in [4.69, 9.17) is 59.9 Å². The summed E-state index contributed by atoms with van der Waals surface area (Å²) >= 11 is 0. The summed E-state index contributed by atoms with van der Waals surface area (Å²) < 4.78 is 0. The summed E-state index contributed by atoms with van der Waals surface area (Å²) in [4.78, 5) is 69.4. The van der Waals surface area contributed by atoms with Crippen LogP contribution in [0, 0.1) is 0 Å². The molecular formula is C114H108N16O12. The van der Waals surface area contributed by atoms with Crippen molar-refractivity contribution in [3.63, 3.8) is 0 Å². The summed E-state index contributed by atoms with van der Waals surface area (Å²) in [7, 11) is 0. The topological polar surface area (TPSA) is 404 Å². The molecule has 0 aromatic heterocycles. The zero-order valence-corrected chi connectivity index (χ0v) is 78.2. The first-order chi connectivity index (χ1) is 69.3. The lowest BCUT2D eigenvalue weighted by molar-refractivity contribution is 0.298. The van der Waals surface area contributed by atoms with Gasteiger partial charge in [0, 0.05) is 220 Å². The lowest BCUT2D eigenvalue weighted by atomic mass is 9.84. The maximum Gasteiger partial charge on any atom is 0.124 e. The molecule has 10 aliphatic rings. The van der Waals surface area contributed by atoms with Crippen molar-refractivity contribution < 1.29 is 61.3 Å². The third kappa shape index (κ3) is 23.0. The molecule has 10 aliphatic heterocycles. The van der Waals surface area contributed by atoms with Crippen molar-refractivity contribution in [1.82, 2.24) is 19.6 Å². The molecule has 10 heterocycles. The molecule has 0 radical (unpaired) electrons. The van der Waals surface area contributed by atoms with Crippen LogP contribution in [0.2, 0.25) is 0 Å². The highest BCUT2D eigenvalue weighted by Gasteiger charge is 2.28. The molecule has 0 saturated carbocycles. The predicted molar refractivity (Wildman–Crippen MR) is 568 cm³/mol. The molecule has 0 fully saturated rings. The Hall–Kier alpha value is -16.7. The van der Waals surface area contributed by atoms with Gasteiger partial charge in [-0.05, 0) is 246 Å². The van der Waals surface area contributed by atoms with Crippen molar-refractivity contribution in [3.8, 4) is 69.0 Å². The highest BCUT2D eigenvalue weighted by molar-refractivity contribution is 6.11. The van der Waals surface area contributed by atoms with Crippen LogP contribution >= 0.6 is 0 Å². The Kier molecular flexibility index (Phi) is 30.2. The Bertz CT molecular complexity index is 5770. The highest BCUT2D eigenvalue weighted by Crippen LogP contribution is 2.46. The van der Waals surface area contributed by atoms with Gasteiger partial charge in [-0.15, -0.1) is 0 Å². The number of nitrogens with zero attached hydrogens (tertiary/aromatic N) is 16. The number of phenolic OH excluding ortho intramolecular Hbond substituents is 12. The molecule has 12 N–H and O–H groups in total. The van der Waals surface area contributed by atoms with Gasteiger partial charge in [0.25, 0.3) is 0 Å². The van der Waals surface area contributed by atoms with Gasteiger partial charge in [0.05, 0.1) is 78.5 Å². The minimum atomic E-state index is -0.0830. The lowest BCUT2D eigenvalue weighted by Gasteiger charge is -2.21. The molecule has 12 aromatic rings. The zero-order chi connectivity index (χ0) is 98.0. The van der Waals surface area contributed by atoms with E-state index in [9.17, 15) is 61.3 Å². The van der Waals surface area contributed by atoms with E-state index in [1.54, 1.807) is 220 Å². The van der Waals surface area contributed by atoms with Crippen LogP contribution in [0.1, 0.15) is 134 Å². The fourth-order valence-corrected chi connectivity index (χ4v) is 18.2. The smallest absolute Gasteiger partial charge is 0.124 e. The average molecular weight is 1890 g/mol. The van der Waals surface area contributed by atoms with Crippen molar-refractivity contribution in [2.24, 2.45) is 59.9 Å². The van der Waals surface area contributed by atoms with Crippen LogP contribution in [0.4, 0.5) is 0 Å². The molecular weight excluding hydrogens is 1790 g/mol. The molecule has 34 bridgehead atoms. The van der Waals surface area contributed by atoms with Gasteiger partial charge >= 0.3 is 0 Å². The van der Waals surface area contributed by atoms with Gasteiger partial charge in [0.2, 0.25) is 0 Å². The third-order valence-corrected chi connectivity index (χ3v) is 25.9. The molecule has 12 aromatic carbocycles. The SMILES string of the molecule is Oc1ccc2cc1C=NCCN1CCN=Cc3cc(ccc3O)C3=C4c5ccc(O)c(c5)C=NCCN5CCN=Cc6cc(ccc6O)C6=C2c2ccc(O)c(c2)C=NCCN(CCN=Cc2cc3ccc2O)CCN=Cc2cc(ccc2O)C(=C(c2ccc(O)c(c2)C=NCC1)c1ccc(O)c(c1)C=NCC5)c1ccc(O)c(c1)C=NCCN(CCN=Cc1cc6ccc1O)CCN=Cc1cc4ccc1O. The van der Waals surface area contributed by atoms with E-state index in [-0.39, 0.29) is 148 Å². The first kappa shape index (κ1) is 95.6. The monoisotopic (exact) mass is 1890 g/mol. The summed E-state index contributed by atoms with van der Waals surface area (Å²) in [6, 6.07) is 62.9. The Labute approximate surface area is 822 Å². The standard InChI is InChI=1S/C114H108N16O12/c131-97-13-1-73-49-85(97)61-115-25-37-127-39-29-119-65-89-53-77(5-17-101(89)135)111-78-6-18-102(136)90(54-78)66-120-30-42-128-38-26-116-62-86-50-74(2-14-98(86)132)109(73)110-75-3-15-99(133)87(51-75)63-117-27-40-129-43-31-121-67-91-55-79(7-19-103(91)137)112(111)80-8-20-104(138)92(56-80)68-122-32-44-130(41-28-118-64-88-52-76(110)4-16-100(88)134)48-36-126-72-96-60-84(12-24-108(96)142)114(82-10-22-106(140)94(58-82)70-124-34-46-128)113(81-9-21-105(139)93(57-81)69-123-33-45-127)83-11-23-107(141)95(59-83)71-125-35-47-129/h1-24,49-72,131-142H,25-48H2. The van der Waals surface area contributed by atoms with E-state index in [0.717, 1.165) is 0 Å². The summed E-state index contributed by atoms with van der Waals surface area (Å²) in [6.07, 6.45) is 19.6. The molecule has 22 rings (SSSR count). The Morgan fingerprint density at radius 2 is 0.211 bits per heavy atom. The number of hydrogen-bond donors (Lipinski definition) is 12. The van der Waals surface area contributed by atoms with Gasteiger partial charge < -0.3 is 61.3 Å². The van der Waals surface area contributed by atoms with Crippen molar-refractivity contribution in [2.45, 2.75) is 0 Å². The fourth-order valence-electron chi connectivity index (χ4n) is 18.2. The van der Waals surface area contributed by atoms with E-state index in [2.05, 4.69) is 19.6 Å². The van der Waals surface area contributed by atoms with Crippen LogP contribution in [0.3, 0.4) is 0 Å². The number of aromatic hydroxyl groups is 12. The van der Waals surface area contributed by atoms with E-state index >= 15 is 0 Å². The van der Waals surface area contributed by atoms with Crippen molar-refractivity contribution in [2.75, 3.05) is 157 Å². The molecule has 0 amide bonds. The summed E-state index contributed by atoms with van der Waals surface area (Å²) in [5.74, 6) is -0.988. The summed E-state index contributed by atoms with van der Waals surface area (Å²) in [5, 5.41) is 147. The Morgan fingerprint density at radius 3 is 0.296 bits per heavy atom. The molecule has 28 heteroatoms. The second-order valence-electron chi connectivity index (χ2n) is 35.3. The van der Waals surface area contributed by atoms with Crippen molar-refractivity contribution in [1.29, 1.82) is 0 Å². The number of phenols is 12. The van der Waals surface area contributed by atoms with Crippen LogP contribution in [-0.4, -0.2) is 313 Å². The molecule has 0 aliphatic carbocycles. The number of aliphatic imine (C=N–C) groups is 12. The fraction of sp³-hybridized carbons (Fsp3) is 0.211. The maximum atomic E-state index is 12.2. The van der Waals surface area contributed by atoms with Gasteiger partial charge in [0.1, 0.15) is 69.0 Å². The van der Waals surface area contributed by atoms with Crippen LogP contribution in [0.15, 0.2) is 278 Å². The van der Waals surface area contributed by atoms with Crippen LogP contribution in [0.5, 0.6) is 69.0 Å². The van der Waals surface area contributed by atoms with Crippen LogP contribution in [-0.2, 0) is 0 Å².